The first-order valence-electron chi connectivity index (χ1n) is 34.1. The maximum Gasteiger partial charge on any atom is 0.217 e. The predicted octanol–water partition coefficient (Wildman–Crippen LogP) is -5.00. The molecule has 3 saturated carbocycles. The molecule has 7 saturated heterocycles. The molecular formula is C63H103O33S-. The van der Waals surface area contributed by atoms with Crippen molar-refractivity contribution in [3.05, 3.63) is 11.6 Å². The van der Waals surface area contributed by atoms with Gasteiger partial charge >= 0.3 is 0 Å². The summed E-state index contributed by atoms with van der Waals surface area (Å²) in [5.41, 5.74) is -1.09. The lowest BCUT2D eigenvalue weighted by molar-refractivity contribution is -0.415. The van der Waals surface area contributed by atoms with E-state index in [1.165, 1.54) is 27.7 Å². The van der Waals surface area contributed by atoms with Crippen molar-refractivity contribution in [3.63, 3.8) is 0 Å². The van der Waals surface area contributed by atoms with E-state index in [4.69, 9.17) is 65.8 Å². The van der Waals surface area contributed by atoms with Crippen LogP contribution >= 0.6 is 0 Å². The molecule has 0 amide bonds. The summed E-state index contributed by atoms with van der Waals surface area (Å²) in [5.74, 6) is -0.471. The van der Waals surface area contributed by atoms with Crippen LogP contribution in [0, 0.1) is 40.4 Å². The molecule has 0 aromatic rings. The summed E-state index contributed by atoms with van der Waals surface area (Å²) < 4.78 is 122. The number of aliphatic hydroxyl groups excluding tert-OH is 15. The Kier molecular flexibility index (Phi) is 23.2. The van der Waals surface area contributed by atoms with Gasteiger partial charge in [0.1, 0.15) is 128 Å². The number of hydrogen-bond acceptors (Lipinski definition) is 33. The highest BCUT2D eigenvalue weighted by atomic mass is 32.3. The van der Waals surface area contributed by atoms with E-state index in [1.54, 1.807) is 0 Å². The molecule has 0 bridgehead atoms. The van der Waals surface area contributed by atoms with Gasteiger partial charge in [-0.3, -0.25) is 4.18 Å². The van der Waals surface area contributed by atoms with Crippen molar-refractivity contribution in [3.8, 4) is 0 Å². The van der Waals surface area contributed by atoms with Gasteiger partial charge < -0.3 is 148 Å². The van der Waals surface area contributed by atoms with Crippen LogP contribution in [0.2, 0.25) is 0 Å². The Morgan fingerprint density at radius 2 is 1.02 bits per heavy atom. The third-order valence-corrected chi connectivity index (χ3v) is 23.9. The third-order valence-electron chi connectivity index (χ3n) is 23.4. The molecule has 0 radical (unpaired) electrons. The summed E-state index contributed by atoms with van der Waals surface area (Å²) in [5, 5.41) is 181. The second-order valence-corrected chi connectivity index (χ2v) is 31.2. The largest absolute Gasteiger partial charge is 0.726 e. The normalized spacial score (nSPS) is 54.1. The molecule has 41 atom stereocenters. The van der Waals surface area contributed by atoms with E-state index in [2.05, 4.69) is 33.8 Å². The first kappa shape index (κ1) is 76.6. The topological polar surface area (TPSA) is 513 Å². The van der Waals surface area contributed by atoms with Gasteiger partial charge in [-0.15, -0.1) is 0 Å². The van der Waals surface area contributed by atoms with Gasteiger partial charge in [-0.25, -0.2) is 8.42 Å². The van der Waals surface area contributed by atoms with Gasteiger partial charge in [0.2, 0.25) is 10.4 Å². The zero-order chi connectivity index (χ0) is 70.8. The van der Waals surface area contributed by atoms with Crippen molar-refractivity contribution in [1.82, 2.24) is 0 Å². The molecule has 97 heavy (non-hydrogen) atoms. The smallest absolute Gasteiger partial charge is 0.217 e. The molecular weight excluding hydrogens is 1320 g/mol. The third kappa shape index (κ3) is 14.7. The molecule has 560 valence electrons. The minimum absolute atomic E-state index is 0.0181. The van der Waals surface area contributed by atoms with E-state index >= 15 is 0 Å². The van der Waals surface area contributed by atoms with Gasteiger partial charge in [0.05, 0.1) is 61.5 Å². The molecule has 7 heterocycles. The van der Waals surface area contributed by atoms with Crippen LogP contribution in [0.1, 0.15) is 114 Å². The van der Waals surface area contributed by atoms with E-state index in [9.17, 15) is 94.7 Å². The molecule has 11 aliphatic rings. The molecule has 0 aromatic heterocycles. The standard InChI is InChI=1S/C63H104O33S/c1-21(2)16-32-54(87-32)63(9,79)35-11-10-28-27-18-31(30-17-26(96-97(80,81)82)12-14-61(30,7)29(27)13-15-62(28,35)8)88-58-48(78)50(38(68)24(5)85-58)92-59-52(94-55-44(74)41(71)36(66)22(3)83-55)47(77)49(25(6)86-59)91-60-53(95-56-45(75)42(72)37(67)23(4)84-56)51(40(70)34(20-65)90-60)93-57-46(76)43(73)39(69)33(19-64)89-57/h13,21-28,30-60,64-79H,10-12,14-20H2,1-9H3,(H,80,81,82)/p-1/t22-,23-,24-,25-,26+,27?,28?,30?,31+,32-,33-,34-,35+,36-,37+,38-,39-,40-,41+,42+,43+,44-,45-,46-,47+,48-,49-,50+,51+,52-,53-,54-,55+,56+,57+,58+,59+,60+,61-,62+,63-/m1/s1. The molecule has 34 heteroatoms. The van der Waals surface area contributed by atoms with E-state index in [-0.39, 0.29) is 42.8 Å². The molecule has 11 rings (SSSR count). The van der Waals surface area contributed by atoms with Crippen LogP contribution in [-0.4, -0.2) is 322 Å². The summed E-state index contributed by atoms with van der Waals surface area (Å²) in [6.45, 7) is 13.9. The first-order valence-corrected chi connectivity index (χ1v) is 35.4. The highest BCUT2D eigenvalue weighted by Crippen LogP contribution is 2.68. The number of aliphatic hydroxyl groups is 16. The maximum absolute atomic E-state index is 12.8. The molecule has 33 nitrogen and oxygen atoms in total. The Morgan fingerprint density at radius 1 is 0.526 bits per heavy atom. The number of epoxide rings is 1. The molecule has 3 unspecified atom stereocenters. The van der Waals surface area contributed by atoms with Gasteiger partial charge in [0.15, 0.2) is 37.7 Å². The number of rotatable bonds is 20. The van der Waals surface area contributed by atoms with E-state index in [0.717, 1.165) is 18.4 Å². The lowest BCUT2D eigenvalue weighted by Crippen LogP contribution is -2.69. The number of ether oxygens (including phenoxy) is 13. The molecule has 0 spiro atoms. The molecule has 0 aromatic carbocycles. The quantitative estimate of drug-likeness (QED) is 0.0235. The Labute approximate surface area is 562 Å². The molecule has 7 aliphatic heterocycles. The van der Waals surface area contributed by atoms with Gasteiger partial charge in [0.25, 0.3) is 0 Å². The van der Waals surface area contributed by atoms with Gasteiger partial charge in [-0.1, -0.05) is 39.3 Å². The summed E-state index contributed by atoms with van der Waals surface area (Å²) in [6, 6.07) is 0. The van der Waals surface area contributed by atoms with Crippen LogP contribution in [0.3, 0.4) is 0 Å². The van der Waals surface area contributed by atoms with Crippen molar-refractivity contribution in [2.75, 3.05) is 13.2 Å². The SMILES string of the molecule is CC(C)C[C@H]1O[C@H]1[C@](C)(O)[C@H]1CCC2C3C[C@H](O[C@@H]4O[C@H](C)[C@@H](O)[C@H](O[C@@H]5O[C@H](C)[C@@H](O[C@@H]6O[C@H](CO)[C@@H](O)[C@H](O[C@@H]7O[C@H](CO)[C@@H](O)[C@H](O)[C@H]7O)[C@H]6O[C@@H]6O[C@H](C)[C@H](O)[C@H](O)[C@H]6O)[C@H](O)[C@H]5O[C@@H]5O[C@H](C)[C@@H](O)[C@H](O)[C@H]5O)[C@H]4O)C4C[C@@H](OS(=O)(=O)[O-])CC[C@]4(C)C3=CC[C@@]21C. The minimum Gasteiger partial charge on any atom is -0.726 e. The van der Waals surface area contributed by atoms with Crippen LogP contribution in [0.5, 0.6) is 0 Å². The van der Waals surface area contributed by atoms with Crippen LogP contribution in [-0.2, 0) is 76.2 Å². The minimum atomic E-state index is -5.16. The average Bonchev–Trinajstić information content (AvgIpc) is 1.64. The summed E-state index contributed by atoms with van der Waals surface area (Å²) in [4.78, 5) is 0. The van der Waals surface area contributed by atoms with E-state index in [0.29, 0.717) is 31.6 Å². The average molecular weight is 1420 g/mol. The van der Waals surface area contributed by atoms with Crippen molar-refractivity contribution in [2.24, 2.45) is 40.4 Å². The Hall–Kier alpha value is -1.55. The fourth-order valence-corrected chi connectivity index (χ4v) is 18.4. The second kappa shape index (κ2) is 29.4. The van der Waals surface area contributed by atoms with Gasteiger partial charge in [0, 0.05) is 0 Å². The Bertz CT molecular complexity index is 2790. The van der Waals surface area contributed by atoms with Crippen LogP contribution in [0.25, 0.3) is 0 Å². The van der Waals surface area contributed by atoms with Crippen molar-refractivity contribution in [1.29, 1.82) is 0 Å². The van der Waals surface area contributed by atoms with Crippen molar-refractivity contribution >= 4 is 10.4 Å². The second-order valence-electron chi connectivity index (χ2n) is 30.2. The van der Waals surface area contributed by atoms with E-state index in [1.807, 2.05) is 6.92 Å². The molecule has 16 N–H and O–H groups in total. The van der Waals surface area contributed by atoms with Gasteiger partial charge in [-0.2, -0.15) is 0 Å². The number of fused-ring (bicyclic) bond motifs is 5. The number of allylic oxidation sites excluding steroid dienone is 2. The fraction of sp³-hybridized carbons (Fsp3) is 0.968. The molecule has 4 aliphatic carbocycles. The van der Waals surface area contributed by atoms with Crippen LogP contribution < -0.4 is 0 Å². The zero-order valence-corrected chi connectivity index (χ0v) is 56.5. The Balaban J connectivity index is 0.887. The maximum atomic E-state index is 12.8. The highest BCUT2D eigenvalue weighted by Gasteiger charge is 2.67. The fourth-order valence-electron chi connectivity index (χ4n) is 17.9. The number of hydrogen-bond donors (Lipinski definition) is 16. The van der Waals surface area contributed by atoms with E-state index < -0.39 is 242 Å². The summed E-state index contributed by atoms with van der Waals surface area (Å²) in [7, 11) is -5.16. The van der Waals surface area contributed by atoms with Crippen molar-refractivity contribution < 1.29 is 160 Å². The summed E-state index contributed by atoms with van der Waals surface area (Å²) >= 11 is 0. The lowest BCUT2D eigenvalue weighted by Gasteiger charge is -2.60. The summed E-state index contributed by atoms with van der Waals surface area (Å²) in [6.07, 6.45) is -50.9. The van der Waals surface area contributed by atoms with Gasteiger partial charge in [-0.05, 0) is 126 Å². The Morgan fingerprint density at radius 3 is 1.61 bits per heavy atom. The van der Waals surface area contributed by atoms with Crippen molar-refractivity contribution in [2.45, 2.75) is 328 Å². The van der Waals surface area contributed by atoms with Crippen LogP contribution in [0.4, 0.5) is 0 Å². The monoisotopic (exact) mass is 1420 g/mol. The highest BCUT2D eigenvalue weighted by molar-refractivity contribution is 7.80. The zero-order valence-electron chi connectivity index (χ0n) is 55.7. The molecule has 10 fully saturated rings. The lowest BCUT2D eigenvalue weighted by atomic mass is 9.47. The predicted molar refractivity (Wildman–Crippen MR) is 320 cm³/mol. The first-order chi connectivity index (χ1) is 45.4. The van der Waals surface area contributed by atoms with Crippen LogP contribution in [0.15, 0.2) is 11.6 Å².